The van der Waals surface area contributed by atoms with Gasteiger partial charge in [0.25, 0.3) is 11.8 Å². The number of carboxylic acid groups (broad SMARTS) is 1. The molecule has 33 heavy (non-hydrogen) atoms. The summed E-state index contributed by atoms with van der Waals surface area (Å²) in [5, 5.41) is 11.7. The monoisotopic (exact) mass is 468 g/mol. The zero-order valence-corrected chi connectivity index (χ0v) is 19.3. The van der Waals surface area contributed by atoms with Crippen LogP contribution in [0.2, 0.25) is 0 Å². The van der Waals surface area contributed by atoms with Crippen LogP contribution in [-0.2, 0) is 20.8 Å². The van der Waals surface area contributed by atoms with Crippen molar-refractivity contribution >= 4 is 46.9 Å². The number of aliphatic carboxylic acids is 1. The van der Waals surface area contributed by atoms with E-state index in [9.17, 15) is 14.4 Å². The number of amides is 2. The Labute approximate surface area is 196 Å². The van der Waals surface area contributed by atoms with Crippen LogP contribution in [0.4, 0.5) is 5.69 Å². The van der Waals surface area contributed by atoms with Crippen LogP contribution in [-0.4, -0.2) is 40.7 Å². The lowest BCUT2D eigenvalue weighted by Crippen LogP contribution is -2.54. The molecule has 1 aliphatic heterocycles. The summed E-state index contributed by atoms with van der Waals surface area (Å²) in [6, 6.07) is 12.1. The maximum Gasteiger partial charge on any atom is 0.344 e. The number of rotatable bonds is 8. The summed E-state index contributed by atoms with van der Waals surface area (Å²) in [5.41, 5.74) is 2.06. The average molecular weight is 469 g/mol. The average Bonchev–Trinajstić information content (AvgIpc) is 2.78. The number of benzene rings is 2. The number of hydrogen-bond donors (Lipinski definition) is 2. The van der Waals surface area contributed by atoms with Crippen molar-refractivity contribution in [3.05, 3.63) is 59.2 Å². The SMILES string of the molecule is CCOc1cc(/C=C2/C(=O)NC(=S)N(c3ccc(CC)cc3)C2=O)ccc1O[C@H](C)C(=O)O. The molecule has 2 aromatic rings. The summed E-state index contributed by atoms with van der Waals surface area (Å²) in [6.45, 7) is 5.52. The van der Waals surface area contributed by atoms with Gasteiger partial charge in [0.2, 0.25) is 0 Å². The highest BCUT2D eigenvalue weighted by atomic mass is 32.1. The van der Waals surface area contributed by atoms with Gasteiger partial charge < -0.3 is 14.6 Å². The molecule has 1 saturated heterocycles. The maximum absolute atomic E-state index is 13.2. The molecule has 1 aliphatic rings. The molecule has 8 nitrogen and oxygen atoms in total. The molecule has 3 rings (SSSR count). The summed E-state index contributed by atoms with van der Waals surface area (Å²) in [4.78, 5) is 38.1. The first-order valence-corrected chi connectivity index (χ1v) is 10.8. The maximum atomic E-state index is 13.2. The van der Waals surface area contributed by atoms with Crippen LogP contribution >= 0.6 is 12.2 Å². The van der Waals surface area contributed by atoms with Crippen molar-refractivity contribution < 1.29 is 29.0 Å². The second kappa shape index (κ2) is 10.3. The van der Waals surface area contributed by atoms with E-state index in [1.165, 1.54) is 24.0 Å². The molecule has 0 unspecified atom stereocenters. The minimum absolute atomic E-state index is 0.00723. The van der Waals surface area contributed by atoms with Gasteiger partial charge in [-0.25, -0.2) is 4.79 Å². The van der Waals surface area contributed by atoms with Gasteiger partial charge in [-0.05, 0) is 74.0 Å². The zero-order valence-electron chi connectivity index (χ0n) is 18.5. The van der Waals surface area contributed by atoms with E-state index in [0.717, 1.165) is 12.0 Å². The molecule has 0 aliphatic carbocycles. The molecule has 0 aromatic heterocycles. The minimum Gasteiger partial charge on any atom is -0.490 e. The van der Waals surface area contributed by atoms with Crippen molar-refractivity contribution in [1.82, 2.24) is 5.32 Å². The van der Waals surface area contributed by atoms with Gasteiger partial charge in [0.05, 0.1) is 12.3 Å². The Kier molecular flexibility index (Phi) is 7.44. The number of carboxylic acids is 1. The van der Waals surface area contributed by atoms with Gasteiger partial charge in [0, 0.05) is 0 Å². The number of hydrogen-bond acceptors (Lipinski definition) is 6. The van der Waals surface area contributed by atoms with Crippen molar-refractivity contribution in [3.63, 3.8) is 0 Å². The fourth-order valence-corrected chi connectivity index (χ4v) is 3.44. The van der Waals surface area contributed by atoms with Crippen LogP contribution in [0.5, 0.6) is 11.5 Å². The van der Waals surface area contributed by atoms with Gasteiger partial charge in [-0.2, -0.15) is 0 Å². The summed E-state index contributed by atoms with van der Waals surface area (Å²) in [5.74, 6) is -1.73. The first kappa shape index (κ1) is 23.9. The molecule has 2 N–H and O–H groups in total. The van der Waals surface area contributed by atoms with Crippen LogP contribution in [0.25, 0.3) is 6.08 Å². The lowest BCUT2D eigenvalue weighted by molar-refractivity contribution is -0.144. The lowest BCUT2D eigenvalue weighted by atomic mass is 10.1. The van der Waals surface area contributed by atoms with E-state index in [0.29, 0.717) is 23.6 Å². The van der Waals surface area contributed by atoms with E-state index in [2.05, 4.69) is 5.32 Å². The molecule has 2 amide bonds. The summed E-state index contributed by atoms with van der Waals surface area (Å²) >= 11 is 5.24. The van der Waals surface area contributed by atoms with Crippen molar-refractivity contribution in [3.8, 4) is 11.5 Å². The highest BCUT2D eigenvalue weighted by Crippen LogP contribution is 2.31. The predicted octanol–water partition coefficient (Wildman–Crippen LogP) is 3.33. The topological polar surface area (TPSA) is 105 Å². The van der Waals surface area contributed by atoms with E-state index in [1.807, 2.05) is 19.1 Å². The molecular weight excluding hydrogens is 444 g/mol. The van der Waals surface area contributed by atoms with Crippen LogP contribution in [0.1, 0.15) is 31.9 Å². The highest BCUT2D eigenvalue weighted by molar-refractivity contribution is 7.80. The molecule has 1 heterocycles. The van der Waals surface area contributed by atoms with Crippen molar-refractivity contribution in [2.75, 3.05) is 11.5 Å². The van der Waals surface area contributed by atoms with Crippen molar-refractivity contribution in [2.24, 2.45) is 0 Å². The van der Waals surface area contributed by atoms with E-state index >= 15 is 0 Å². The second-order valence-corrected chi connectivity index (χ2v) is 7.60. The van der Waals surface area contributed by atoms with Crippen LogP contribution in [0, 0.1) is 0 Å². The Morgan fingerprint density at radius 1 is 1.15 bits per heavy atom. The largest absolute Gasteiger partial charge is 0.490 e. The second-order valence-electron chi connectivity index (χ2n) is 7.22. The third-order valence-corrected chi connectivity index (χ3v) is 5.22. The normalized spacial score (nSPS) is 15.9. The Morgan fingerprint density at radius 2 is 1.85 bits per heavy atom. The van der Waals surface area contributed by atoms with Crippen LogP contribution in [0.15, 0.2) is 48.0 Å². The number of carbonyl (C=O) groups excluding carboxylic acids is 2. The molecule has 1 atom stereocenters. The Morgan fingerprint density at radius 3 is 2.45 bits per heavy atom. The predicted molar refractivity (Wildman–Crippen MR) is 127 cm³/mol. The molecule has 0 bridgehead atoms. The van der Waals surface area contributed by atoms with Gasteiger partial charge in [-0.15, -0.1) is 0 Å². The smallest absolute Gasteiger partial charge is 0.344 e. The number of anilines is 1. The number of carbonyl (C=O) groups is 3. The first-order valence-electron chi connectivity index (χ1n) is 10.4. The molecule has 0 spiro atoms. The third-order valence-electron chi connectivity index (χ3n) is 4.93. The number of aryl methyl sites for hydroxylation is 1. The Hall–Kier alpha value is -3.72. The zero-order chi connectivity index (χ0) is 24.1. The summed E-state index contributed by atoms with van der Waals surface area (Å²) in [6.07, 6.45) is 1.21. The number of nitrogens with zero attached hydrogens (tertiary/aromatic N) is 1. The van der Waals surface area contributed by atoms with Gasteiger partial charge in [-0.1, -0.05) is 25.1 Å². The highest BCUT2D eigenvalue weighted by Gasteiger charge is 2.34. The Bertz CT molecular complexity index is 1130. The van der Waals surface area contributed by atoms with Gasteiger partial charge in [0.1, 0.15) is 5.57 Å². The van der Waals surface area contributed by atoms with Crippen molar-refractivity contribution in [2.45, 2.75) is 33.3 Å². The van der Waals surface area contributed by atoms with Crippen LogP contribution in [0.3, 0.4) is 0 Å². The van der Waals surface area contributed by atoms with Gasteiger partial charge >= 0.3 is 5.97 Å². The number of nitrogens with one attached hydrogen (secondary N) is 1. The van der Waals surface area contributed by atoms with Crippen molar-refractivity contribution in [1.29, 1.82) is 0 Å². The van der Waals surface area contributed by atoms with E-state index in [1.54, 1.807) is 31.2 Å². The van der Waals surface area contributed by atoms with Crippen LogP contribution < -0.4 is 19.7 Å². The molecule has 0 radical (unpaired) electrons. The third kappa shape index (κ3) is 5.38. The van der Waals surface area contributed by atoms with E-state index in [-0.39, 0.29) is 16.4 Å². The number of thiocarbonyl (C=S) groups is 1. The standard InChI is InChI=1S/C24H24N2O6S/c1-4-15-6-9-17(10-7-15)26-22(28)18(21(27)25-24(26)33)12-16-8-11-19(20(13-16)31-5-2)32-14(3)23(29)30/h6-14H,4-5H2,1-3H3,(H,29,30)(H,25,27,33)/b18-12-/t14-/m1/s1. The van der Waals surface area contributed by atoms with E-state index < -0.39 is 23.9 Å². The molecular formula is C24H24N2O6S. The minimum atomic E-state index is -1.11. The van der Waals surface area contributed by atoms with Gasteiger partial charge in [0.15, 0.2) is 22.7 Å². The Balaban J connectivity index is 1.95. The quantitative estimate of drug-likeness (QED) is 0.348. The fourth-order valence-electron chi connectivity index (χ4n) is 3.16. The molecule has 172 valence electrons. The summed E-state index contributed by atoms with van der Waals surface area (Å²) in [7, 11) is 0. The number of ether oxygens (including phenoxy) is 2. The van der Waals surface area contributed by atoms with E-state index in [4.69, 9.17) is 26.8 Å². The molecule has 1 fully saturated rings. The lowest BCUT2D eigenvalue weighted by Gasteiger charge is -2.29. The molecule has 2 aromatic carbocycles. The molecule has 9 heteroatoms. The summed E-state index contributed by atoms with van der Waals surface area (Å²) < 4.78 is 11.0. The molecule has 0 saturated carbocycles. The van der Waals surface area contributed by atoms with Gasteiger partial charge in [-0.3, -0.25) is 19.8 Å². The fraction of sp³-hybridized carbons (Fsp3) is 0.250. The first-order chi connectivity index (χ1) is 15.7.